The number of rotatable bonds is 1. The van der Waals surface area contributed by atoms with Crippen LogP contribution in [-0.4, -0.2) is 22.2 Å². The van der Waals surface area contributed by atoms with Gasteiger partial charge in [-0.3, -0.25) is 4.99 Å². The molecule has 0 amide bonds. The summed E-state index contributed by atoms with van der Waals surface area (Å²) in [5.74, 6) is 0. The standard InChI is InChI=1S/C13H13ClN2S2/c14-12-6-5-11(18-12)10-7-17-13-15-8-3-1-2-4-9(8)16(10)13/h5-9H,1-4H2/t8-,9-/m1/s1. The Morgan fingerprint density at radius 3 is 3.00 bits per heavy atom. The molecule has 5 heteroatoms. The van der Waals surface area contributed by atoms with E-state index < -0.39 is 0 Å². The molecule has 0 N–H and O–H groups in total. The van der Waals surface area contributed by atoms with Crippen LogP contribution in [0, 0.1) is 0 Å². The summed E-state index contributed by atoms with van der Waals surface area (Å²) in [6, 6.07) is 5.23. The van der Waals surface area contributed by atoms with Crippen molar-refractivity contribution < 1.29 is 0 Å². The highest BCUT2D eigenvalue weighted by atomic mass is 35.5. The number of amidine groups is 1. The van der Waals surface area contributed by atoms with Gasteiger partial charge in [0.2, 0.25) is 0 Å². The van der Waals surface area contributed by atoms with E-state index in [2.05, 4.69) is 16.4 Å². The molecule has 4 rings (SSSR count). The van der Waals surface area contributed by atoms with Crippen molar-refractivity contribution >= 4 is 45.6 Å². The molecule has 2 atom stereocenters. The number of halogens is 1. The van der Waals surface area contributed by atoms with Crippen LogP contribution in [0.3, 0.4) is 0 Å². The molecule has 1 aromatic rings. The lowest BCUT2D eigenvalue weighted by molar-refractivity contribution is 0.306. The minimum Gasteiger partial charge on any atom is -0.314 e. The van der Waals surface area contributed by atoms with E-state index >= 15 is 0 Å². The van der Waals surface area contributed by atoms with Gasteiger partial charge in [0.05, 0.1) is 27.0 Å². The first-order valence-corrected chi connectivity index (χ1v) is 8.40. The first-order chi connectivity index (χ1) is 8.83. The number of thioether (sulfide) groups is 1. The lowest BCUT2D eigenvalue weighted by atomic mass is 9.90. The van der Waals surface area contributed by atoms with Gasteiger partial charge in [-0.15, -0.1) is 11.3 Å². The highest BCUT2D eigenvalue weighted by Gasteiger charge is 2.42. The minimum absolute atomic E-state index is 0.528. The smallest absolute Gasteiger partial charge is 0.168 e. The third-order valence-corrected chi connectivity index (χ3v) is 5.98. The molecule has 0 bridgehead atoms. The zero-order valence-electron chi connectivity index (χ0n) is 9.80. The van der Waals surface area contributed by atoms with E-state index in [1.54, 1.807) is 23.1 Å². The number of aliphatic imine (C=N–C) groups is 1. The molecule has 94 valence electrons. The van der Waals surface area contributed by atoms with Crippen LogP contribution in [0.25, 0.3) is 5.70 Å². The Morgan fingerprint density at radius 1 is 1.28 bits per heavy atom. The second-order valence-corrected chi connectivity index (χ2v) is 7.48. The van der Waals surface area contributed by atoms with Crippen LogP contribution in [0.15, 0.2) is 22.5 Å². The van der Waals surface area contributed by atoms with Crippen LogP contribution >= 0.6 is 34.7 Å². The van der Waals surface area contributed by atoms with Crippen LogP contribution in [-0.2, 0) is 0 Å². The van der Waals surface area contributed by atoms with Crippen molar-refractivity contribution in [1.29, 1.82) is 0 Å². The molecule has 1 fully saturated rings. The molecule has 0 aromatic carbocycles. The van der Waals surface area contributed by atoms with Crippen molar-refractivity contribution in [3.05, 3.63) is 26.8 Å². The van der Waals surface area contributed by atoms with E-state index in [0.29, 0.717) is 12.1 Å². The molecule has 1 saturated carbocycles. The first-order valence-electron chi connectivity index (χ1n) is 6.32. The Bertz CT molecular complexity index is 549. The summed E-state index contributed by atoms with van der Waals surface area (Å²) in [4.78, 5) is 8.60. The lowest BCUT2D eigenvalue weighted by Gasteiger charge is -2.31. The molecule has 0 radical (unpaired) electrons. The van der Waals surface area contributed by atoms with Crippen molar-refractivity contribution in [2.24, 2.45) is 4.99 Å². The van der Waals surface area contributed by atoms with Crippen molar-refractivity contribution in [2.75, 3.05) is 0 Å². The molecule has 2 nitrogen and oxygen atoms in total. The average Bonchev–Trinajstić information content (AvgIpc) is 3.02. The van der Waals surface area contributed by atoms with Gasteiger partial charge in [-0.25, -0.2) is 0 Å². The fraction of sp³-hybridized carbons (Fsp3) is 0.462. The van der Waals surface area contributed by atoms with Crippen LogP contribution in [0.1, 0.15) is 30.6 Å². The maximum Gasteiger partial charge on any atom is 0.168 e. The highest BCUT2D eigenvalue weighted by molar-refractivity contribution is 8.16. The molecule has 0 spiro atoms. The van der Waals surface area contributed by atoms with E-state index in [0.717, 1.165) is 4.34 Å². The van der Waals surface area contributed by atoms with Gasteiger partial charge in [-0.2, -0.15) is 0 Å². The average molecular weight is 297 g/mol. The van der Waals surface area contributed by atoms with Crippen LogP contribution in [0.5, 0.6) is 0 Å². The number of hydrogen-bond donors (Lipinski definition) is 0. The van der Waals surface area contributed by atoms with Crippen molar-refractivity contribution in [3.8, 4) is 0 Å². The second-order valence-electron chi connectivity index (χ2n) is 4.93. The SMILES string of the molecule is Clc1ccc(C2=CSC3=N[C@@H]4CCCC[C@H]4N23)s1. The van der Waals surface area contributed by atoms with Gasteiger partial charge in [0.1, 0.15) is 0 Å². The molecule has 3 aliphatic rings. The Kier molecular flexibility index (Phi) is 2.71. The zero-order chi connectivity index (χ0) is 12.1. The Balaban J connectivity index is 1.69. The third-order valence-electron chi connectivity index (χ3n) is 3.87. The van der Waals surface area contributed by atoms with E-state index in [1.807, 2.05) is 6.07 Å². The van der Waals surface area contributed by atoms with E-state index in [9.17, 15) is 0 Å². The third kappa shape index (κ3) is 1.66. The summed E-state index contributed by atoms with van der Waals surface area (Å²) in [6.07, 6.45) is 5.20. The number of thiophene rings is 1. The topological polar surface area (TPSA) is 15.6 Å². The molecule has 0 unspecified atom stereocenters. The van der Waals surface area contributed by atoms with Crippen LogP contribution in [0.4, 0.5) is 0 Å². The summed E-state index contributed by atoms with van der Waals surface area (Å²) in [7, 11) is 0. The molecule has 2 aliphatic heterocycles. The van der Waals surface area contributed by atoms with Gasteiger partial charge in [0.25, 0.3) is 0 Å². The molecule has 1 aromatic heterocycles. The van der Waals surface area contributed by atoms with Gasteiger partial charge in [-0.1, -0.05) is 36.2 Å². The number of fused-ring (bicyclic) bond motifs is 3. The molecular weight excluding hydrogens is 284 g/mol. The zero-order valence-corrected chi connectivity index (χ0v) is 12.2. The maximum absolute atomic E-state index is 6.05. The minimum atomic E-state index is 0.528. The second kappa shape index (κ2) is 4.29. The normalized spacial score (nSPS) is 29.9. The highest BCUT2D eigenvalue weighted by Crippen LogP contribution is 2.45. The predicted molar refractivity (Wildman–Crippen MR) is 80.2 cm³/mol. The van der Waals surface area contributed by atoms with Gasteiger partial charge >= 0.3 is 0 Å². The van der Waals surface area contributed by atoms with E-state index in [1.165, 1.54) is 41.4 Å². The van der Waals surface area contributed by atoms with Gasteiger partial charge in [0.15, 0.2) is 5.17 Å². The summed E-state index contributed by atoms with van der Waals surface area (Å²) in [5.41, 5.74) is 1.31. The Hall–Kier alpha value is -0.450. The lowest BCUT2D eigenvalue weighted by Crippen LogP contribution is -2.37. The molecule has 3 heterocycles. The van der Waals surface area contributed by atoms with Crippen molar-refractivity contribution in [3.63, 3.8) is 0 Å². The summed E-state index contributed by atoms with van der Waals surface area (Å²) < 4.78 is 0.862. The molecule has 1 aliphatic carbocycles. The Morgan fingerprint density at radius 2 is 2.17 bits per heavy atom. The largest absolute Gasteiger partial charge is 0.314 e. The fourth-order valence-corrected chi connectivity index (χ4v) is 5.18. The van der Waals surface area contributed by atoms with Crippen molar-refractivity contribution in [1.82, 2.24) is 4.90 Å². The summed E-state index contributed by atoms with van der Waals surface area (Å²) >= 11 is 9.48. The fourth-order valence-electron chi connectivity index (χ4n) is 3.05. The Labute approximate surface area is 120 Å². The molecule has 0 saturated heterocycles. The molecular formula is C13H13ClN2S2. The summed E-state index contributed by atoms with van der Waals surface area (Å²) in [6.45, 7) is 0. The monoisotopic (exact) mass is 296 g/mol. The quantitative estimate of drug-likeness (QED) is 0.762. The first kappa shape index (κ1) is 11.4. The van der Waals surface area contributed by atoms with Gasteiger partial charge in [-0.05, 0) is 25.0 Å². The van der Waals surface area contributed by atoms with E-state index in [-0.39, 0.29) is 0 Å². The number of nitrogens with zero attached hydrogens (tertiary/aromatic N) is 2. The predicted octanol–water partition coefficient (Wildman–Crippen LogP) is 4.43. The van der Waals surface area contributed by atoms with Crippen LogP contribution in [0.2, 0.25) is 4.34 Å². The van der Waals surface area contributed by atoms with Gasteiger partial charge < -0.3 is 4.90 Å². The van der Waals surface area contributed by atoms with Crippen LogP contribution < -0.4 is 0 Å². The maximum atomic E-state index is 6.05. The molecule has 18 heavy (non-hydrogen) atoms. The number of hydrogen-bond acceptors (Lipinski definition) is 4. The van der Waals surface area contributed by atoms with E-state index in [4.69, 9.17) is 16.6 Å². The van der Waals surface area contributed by atoms with Crippen molar-refractivity contribution in [2.45, 2.75) is 37.8 Å². The van der Waals surface area contributed by atoms with Gasteiger partial charge in [0, 0.05) is 5.41 Å². The summed E-state index contributed by atoms with van der Waals surface area (Å²) in [5, 5.41) is 3.43.